The van der Waals surface area contributed by atoms with E-state index < -0.39 is 10.8 Å². The maximum Gasteiger partial charge on any atom is 0.277 e. The largest absolute Gasteiger partial charge is 0.493 e. The molecule has 0 saturated heterocycles. The summed E-state index contributed by atoms with van der Waals surface area (Å²) in [4.78, 5) is 23.9. The van der Waals surface area contributed by atoms with Crippen molar-refractivity contribution in [2.45, 2.75) is 12.3 Å². The molecular formula is C26H28ClN3O6. The van der Waals surface area contributed by atoms with Crippen LogP contribution in [0.25, 0.3) is 18.2 Å². The number of halogens is 1. The van der Waals surface area contributed by atoms with Gasteiger partial charge < -0.3 is 25.3 Å². The second kappa shape index (κ2) is 12.1. The zero-order valence-corrected chi connectivity index (χ0v) is 21.0. The number of hydrogen-bond acceptors (Lipinski definition) is 7. The van der Waals surface area contributed by atoms with Gasteiger partial charge in [-0.1, -0.05) is 24.3 Å². The molecule has 1 amide bonds. The second-order valence-corrected chi connectivity index (χ2v) is 8.22. The van der Waals surface area contributed by atoms with Crippen molar-refractivity contribution in [3.05, 3.63) is 73.8 Å². The van der Waals surface area contributed by atoms with Gasteiger partial charge in [0.2, 0.25) is 5.75 Å². The Bertz CT molecular complexity index is 1310. The minimum absolute atomic E-state index is 0.0198. The van der Waals surface area contributed by atoms with E-state index in [1.807, 2.05) is 12.2 Å². The standard InChI is InChI=1S/C26H28ClN3O6/c1-34-23-12-16(13-24(35-2)25(23)36-3)11-21(28)26(31)29-15-17(14-27)18-9-10-22(30(32)33)20-8-6-4-5-7-19(18)20/h4,6-13,17H,5,14-15,28H2,1-3H3,(H,29,31)/b21-11-. The molecular weight excluding hydrogens is 486 g/mol. The number of amides is 1. The van der Waals surface area contributed by atoms with E-state index in [4.69, 9.17) is 31.5 Å². The van der Waals surface area contributed by atoms with Crippen LogP contribution in [0.15, 0.2) is 42.1 Å². The van der Waals surface area contributed by atoms with Gasteiger partial charge in [0.1, 0.15) is 0 Å². The molecule has 1 atom stereocenters. The van der Waals surface area contributed by atoms with Crippen LogP contribution in [0.1, 0.15) is 23.5 Å². The van der Waals surface area contributed by atoms with Crippen molar-refractivity contribution < 1.29 is 23.9 Å². The first-order valence-corrected chi connectivity index (χ1v) is 11.6. The van der Waals surface area contributed by atoms with Crippen molar-refractivity contribution >= 4 is 41.4 Å². The molecule has 1 unspecified atom stereocenters. The number of nitrogens with one attached hydrogen (secondary N) is 1. The third-order valence-electron chi connectivity index (χ3n) is 5.76. The van der Waals surface area contributed by atoms with Crippen molar-refractivity contribution in [3.8, 4) is 17.2 Å². The normalized spacial score (nSPS) is 13.4. The van der Waals surface area contributed by atoms with Crippen molar-refractivity contribution in [1.82, 2.24) is 5.32 Å². The minimum Gasteiger partial charge on any atom is -0.493 e. The molecule has 36 heavy (non-hydrogen) atoms. The van der Waals surface area contributed by atoms with E-state index in [0.29, 0.717) is 34.5 Å². The number of benzene rings is 2. The first-order valence-electron chi connectivity index (χ1n) is 11.1. The van der Waals surface area contributed by atoms with Gasteiger partial charge >= 0.3 is 0 Å². The number of nitro groups is 1. The van der Waals surface area contributed by atoms with Crippen molar-refractivity contribution in [2.24, 2.45) is 5.73 Å². The van der Waals surface area contributed by atoms with Gasteiger partial charge in [-0.15, -0.1) is 11.6 Å². The molecule has 1 aliphatic carbocycles. The number of nitrogens with zero attached hydrogens (tertiary/aromatic N) is 1. The second-order valence-electron chi connectivity index (χ2n) is 7.91. The summed E-state index contributed by atoms with van der Waals surface area (Å²) in [5.41, 5.74) is 7.46. The van der Waals surface area contributed by atoms with E-state index in [-0.39, 0.29) is 29.7 Å². The van der Waals surface area contributed by atoms with Crippen LogP contribution in [0.4, 0.5) is 5.69 Å². The Morgan fingerprint density at radius 2 is 1.89 bits per heavy atom. The van der Waals surface area contributed by atoms with E-state index in [1.54, 1.807) is 30.4 Å². The monoisotopic (exact) mass is 513 g/mol. The molecule has 0 spiro atoms. The van der Waals surface area contributed by atoms with Crippen molar-refractivity contribution in [3.63, 3.8) is 0 Å². The van der Waals surface area contributed by atoms with Crippen LogP contribution in [0, 0.1) is 10.1 Å². The van der Waals surface area contributed by atoms with Crippen LogP contribution in [0.2, 0.25) is 0 Å². The zero-order valence-electron chi connectivity index (χ0n) is 20.2. The van der Waals surface area contributed by atoms with Gasteiger partial charge in [-0.3, -0.25) is 14.9 Å². The van der Waals surface area contributed by atoms with E-state index in [9.17, 15) is 14.9 Å². The molecule has 2 aromatic rings. The van der Waals surface area contributed by atoms with Crippen LogP contribution >= 0.6 is 11.6 Å². The molecule has 0 bridgehead atoms. The van der Waals surface area contributed by atoms with Crippen LogP contribution in [0.3, 0.4) is 0 Å². The lowest BCUT2D eigenvalue weighted by atomic mass is 9.96. The molecule has 0 fully saturated rings. The van der Waals surface area contributed by atoms with Crippen LogP contribution in [-0.4, -0.2) is 44.6 Å². The fraction of sp³-hybridized carbons (Fsp3) is 0.269. The Balaban J connectivity index is 1.84. The molecule has 0 saturated carbocycles. The van der Waals surface area contributed by atoms with E-state index in [2.05, 4.69) is 5.32 Å². The average molecular weight is 514 g/mol. The molecule has 10 heteroatoms. The summed E-state index contributed by atoms with van der Waals surface area (Å²) in [6.07, 6.45) is 9.50. The van der Waals surface area contributed by atoms with E-state index >= 15 is 0 Å². The maximum atomic E-state index is 12.8. The lowest BCUT2D eigenvalue weighted by molar-refractivity contribution is -0.386. The molecule has 3 rings (SSSR count). The molecule has 9 nitrogen and oxygen atoms in total. The quantitative estimate of drug-likeness (QED) is 0.216. The summed E-state index contributed by atoms with van der Waals surface area (Å²) in [5, 5.41) is 15.6. The molecule has 190 valence electrons. The number of carbonyl (C=O) groups is 1. The fourth-order valence-electron chi connectivity index (χ4n) is 3.98. The first kappa shape index (κ1) is 26.6. The van der Waals surface area contributed by atoms with Gasteiger partial charge in [-0.25, -0.2) is 0 Å². The van der Waals surface area contributed by atoms with Crippen molar-refractivity contribution in [2.75, 3.05) is 33.8 Å². The Kier molecular flexibility index (Phi) is 8.97. The fourth-order valence-corrected chi connectivity index (χ4v) is 4.26. The molecule has 0 aliphatic heterocycles. The molecule has 0 radical (unpaired) electrons. The molecule has 3 N–H and O–H groups in total. The number of non-ortho nitro benzene ring substituents is 1. The smallest absolute Gasteiger partial charge is 0.277 e. The summed E-state index contributed by atoms with van der Waals surface area (Å²) in [6, 6.07) is 6.52. The Morgan fingerprint density at radius 1 is 1.19 bits per heavy atom. The summed E-state index contributed by atoms with van der Waals surface area (Å²) >= 11 is 6.27. The van der Waals surface area contributed by atoms with Gasteiger partial charge in [-0.2, -0.15) is 0 Å². The van der Waals surface area contributed by atoms with Gasteiger partial charge in [0.25, 0.3) is 11.6 Å². The number of hydrogen-bond donors (Lipinski definition) is 2. The Labute approximate surface area is 213 Å². The average Bonchev–Trinajstić information content (AvgIpc) is 3.14. The lowest BCUT2D eigenvalue weighted by Crippen LogP contribution is -2.37. The van der Waals surface area contributed by atoms with Crippen molar-refractivity contribution in [1.29, 1.82) is 0 Å². The van der Waals surface area contributed by atoms with Gasteiger partial charge in [0.05, 0.1) is 37.2 Å². The topological polar surface area (TPSA) is 126 Å². The third-order valence-corrected chi connectivity index (χ3v) is 6.13. The molecule has 2 aromatic carbocycles. The molecule has 1 aliphatic rings. The van der Waals surface area contributed by atoms with Gasteiger partial charge in [-0.05, 0) is 47.1 Å². The van der Waals surface area contributed by atoms with Crippen LogP contribution in [0.5, 0.6) is 17.2 Å². The number of ether oxygens (including phenoxy) is 3. The summed E-state index contributed by atoms with van der Waals surface area (Å²) < 4.78 is 16.0. The highest BCUT2D eigenvalue weighted by Gasteiger charge is 2.19. The minimum atomic E-state index is -0.482. The first-order chi connectivity index (χ1) is 17.3. The van der Waals surface area contributed by atoms with E-state index in [0.717, 1.165) is 10.8 Å². The number of nitrogens with two attached hydrogens (primary N) is 1. The highest BCUT2D eigenvalue weighted by atomic mass is 35.5. The number of nitro benzene ring substituents is 1. The number of fused-ring (bicyclic) bond motifs is 1. The Morgan fingerprint density at radius 3 is 2.47 bits per heavy atom. The summed E-state index contributed by atoms with van der Waals surface area (Å²) in [7, 11) is 4.50. The predicted molar refractivity (Wildman–Crippen MR) is 140 cm³/mol. The SMILES string of the molecule is COc1cc(/C=C(\N)C(=O)NCC(CCl)c2ccc([N+](=O)[O-])c3c2=CCC=CC=3)cc(OC)c1OC. The summed E-state index contributed by atoms with van der Waals surface area (Å²) in [6.45, 7) is 0.192. The van der Waals surface area contributed by atoms with Crippen LogP contribution < -0.4 is 35.7 Å². The number of carbonyl (C=O) groups excluding carboxylic acids is 1. The molecule has 0 aromatic heterocycles. The van der Waals surface area contributed by atoms with Crippen LogP contribution in [-0.2, 0) is 4.79 Å². The van der Waals surface area contributed by atoms with Gasteiger partial charge in [0, 0.05) is 24.4 Å². The lowest BCUT2D eigenvalue weighted by Gasteiger charge is -2.17. The van der Waals surface area contributed by atoms with Gasteiger partial charge in [0.15, 0.2) is 11.5 Å². The van der Waals surface area contributed by atoms with E-state index in [1.165, 1.54) is 33.5 Å². The predicted octanol–water partition coefficient (Wildman–Crippen LogP) is 2.58. The Hall–Kier alpha value is -3.98. The summed E-state index contributed by atoms with van der Waals surface area (Å²) in [5.74, 6) is 0.713. The third kappa shape index (κ3) is 5.80. The number of allylic oxidation sites excluding steroid dienone is 2. The zero-order chi connectivity index (χ0) is 26.2. The number of alkyl halides is 1. The molecule has 0 heterocycles. The highest BCUT2D eigenvalue weighted by Crippen LogP contribution is 2.38. The number of methoxy groups -OCH3 is 3. The highest BCUT2D eigenvalue weighted by molar-refractivity contribution is 6.18. The number of rotatable bonds is 10. The maximum absolute atomic E-state index is 12.8.